The van der Waals surface area contributed by atoms with E-state index in [1.54, 1.807) is 23.9 Å². The highest BCUT2D eigenvalue weighted by molar-refractivity contribution is 5.77. The highest BCUT2D eigenvalue weighted by Crippen LogP contribution is 2.16. The Labute approximate surface area is 134 Å². The molecule has 1 atom stereocenters. The Morgan fingerprint density at radius 2 is 2.09 bits per heavy atom. The quantitative estimate of drug-likeness (QED) is 0.725. The van der Waals surface area contributed by atoms with Gasteiger partial charge in [-0.3, -0.25) is 9.36 Å². The molecule has 120 valence electrons. The van der Waals surface area contributed by atoms with Gasteiger partial charge in [0.25, 0.3) is 5.56 Å². The summed E-state index contributed by atoms with van der Waals surface area (Å²) < 4.78 is 9.18. The minimum Gasteiger partial charge on any atom is -0.371 e. The first-order valence-corrected chi connectivity index (χ1v) is 7.69. The monoisotopic (exact) mass is 312 g/mol. The van der Waals surface area contributed by atoms with E-state index < -0.39 is 0 Å². The number of imidazole rings is 1. The highest BCUT2D eigenvalue weighted by Gasteiger charge is 2.14. The van der Waals surface area contributed by atoms with E-state index in [2.05, 4.69) is 9.97 Å². The van der Waals surface area contributed by atoms with Gasteiger partial charge in [0.05, 0.1) is 17.4 Å². The van der Waals surface area contributed by atoms with Crippen LogP contribution in [0.15, 0.2) is 41.5 Å². The predicted octanol–water partition coefficient (Wildman–Crippen LogP) is 2.28. The van der Waals surface area contributed by atoms with E-state index in [1.165, 1.54) is 0 Å². The molecule has 0 saturated carbocycles. The topological polar surface area (TPSA) is 61.9 Å². The zero-order chi connectivity index (χ0) is 16.4. The van der Waals surface area contributed by atoms with Gasteiger partial charge in [0.1, 0.15) is 17.8 Å². The average Bonchev–Trinajstić information content (AvgIpc) is 3.01. The third kappa shape index (κ3) is 2.90. The van der Waals surface area contributed by atoms with Crippen LogP contribution in [0.5, 0.6) is 0 Å². The van der Waals surface area contributed by atoms with Crippen molar-refractivity contribution in [2.45, 2.75) is 26.5 Å². The molecule has 23 heavy (non-hydrogen) atoms. The lowest BCUT2D eigenvalue weighted by Gasteiger charge is -2.15. The fourth-order valence-electron chi connectivity index (χ4n) is 2.70. The summed E-state index contributed by atoms with van der Waals surface area (Å²) in [6, 6.07) is 7.40. The zero-order valence-electron chi connectivity index (χ0n) is 13.6. The second-order valence-electron chi connectivity index (χ2n) is 5.42. The van der Waals surface area contributed by atoms with E-state index in [-0.39, 0.29) is 11.7 Å². The van der Waals surface area contributed by atoms with E-state index in [4.69, 9.17) is 4.74 Å². The van der Waals surface area contributed by atoms with Gasteiger partial charge in [0.15, 0.2) is 0 Å². The summed E-state index contributed by atoms with van der Waals surface area (Å²) in [5.74, 6) is 1.52. The van der Waals surface area contributed by atoms with Crippen molar-refractivity contribution >= 4 is 10.9 Å². The van der Waals surface area contributed by atoms with Crippen LogP contribution in [-0.2, 0) is 18.3 Å². The normalized spacial score (nSPS) is 12.7. The second-order valence-corrected chi connectivity index (χ2v) is 5.42. The number of fused-ring (bicyclic) bond motifs is 1. The van der Waals surface area contributed by atoms with E-state index in [1.807, 2.05) is 42.8 Å². The Morgan fingerprint density at radius 1 is 1.30 bits per heavy atom. The van der Waals surface area contributed by atoms with Crippen LogP contribution in [0.4, 0.5) is 0 Å². The average molecular weight is 312 g/mol. The lowest BCUT2D eigenvalue weighted by molar-refractivity contribution is 0.0676. The van der Waals surface area contributed by atoms with Crippen LogP contribution in [0.25, 0.3) is 10.9 Å². The maximum atomic E-state index is 12.5. The molecule has 0 saturated heterocycles. The largest absolute Gasteiger partial charge is 0.371 e. The Kier molecular flexibility index (Phi) is 4.25. The number of hydrogen-bond acceptors (Lipinski definition) is 4. The van der Waals surface area contributed by atoms with Crippen molar-refractivity contribution in [3.63, 3.8) is 0 Å². The molecule has 6 heteroatoms. The van der Waals surface area contributed by atoms with Gasteiger partial charge in [-0.2, -0.15) is 0 Å². The molecular formula is C17H20N4O2. The maximum absolute atomic E-state index is 12.5. The first kappa shape index (κ1) is 15.4. The molecule has 0 spiro atoms. The van der Waals surface area contributed by atoms with E-state index >= 15 is 0 Å². The zero-order valence-corrected chi connectivity index (χ0v) is 13.6. The molecule has 0 fully saturated rings. The highest BCUT2D eigenvalue weighted by atomic mass is 16.5. The third-order valence-electron chi connectivity index (χ3n) is 3.92. The molecule has 0 bridgehead atoms. The molecule has 0 aliphatic carbocycles. The van der Waals surface area contributed by atoms with Crippen LogP contribution in [0.3, 0.4) is 0 Å². The number of benzene rings is 1. The number of nitrogens with zero attached hydrogens (tertiary/aromatic N) is 4. The molecule has 0 aliphatic rings. The summed E-state index contributed by atoms with van der Waals surface area (Å²) in [5, 5.41) is 0.632. The first-order valence-electron chi connectivity index (χ1n) is 7.69. The van der Waals surface area contributed by atoms with Gasteiger partial charge in [-0.1, -0.05) is 12.1 Å². The smallest absolute Gasteiger partial charge is 0.261 e. The summed E-state index contributed by atoms with van der Waals surface area (Å²) in [4.78, 5) is 21.5. The van der Waals surface area contributed by atoms with Crippen molar-refractivity contribution in [3.8, 4) is 0 Å². The van der Waals surface area contributed by atoms with Crippen LogP contribution in [0.1, 0.15) is 31.6 Å². The van der Waals surface area contributed by atoms with Gasteiger partial charge in [0, 0.05) is 26.0 Å². The van der Waals surface area contributed by atoms with Crippen LogP contribution in [0, 0.1) is 0 Å². The molecule has 6 nitrogen and oxygen atoms in total. The minimum atomic E-state index is -0.104. The van der Waals surface area contributed by atoms with Gasteiger partial charge >= 0.3 is 0 Å². The number of aromatic nitrogens is 4. The van der Waals surface area contributed by atoms with E-state index in [9.17, 15) is 4.79 Å². The van der Waals surface area contributed by atoms with Crippen molar-refractivity contribution in [3.05, 3.63) is 58.7 Å². The van der Waals surface area contributed by atoms with Gasteiger partial charge in [-0.25, -0.2) is 9.97 Å². The predicted molar refractivity (Wildman–Crippen MR) is 88.4 cm³/mol. The Morgan fingerprint density at radius 3 is 2.87 bits per heavy atom. The molecule has 2 heterocycles. The van der Waals surface area contributed by atoms with Gasteiger partial charge in [-0.15, -0.1) is 0 Å². The summed E-state index contributed by atoms with van der Waals surface area (Å²) in [7, 11) is 1.75. The molecule has 3 rings (SSSR count). The van der Waals surface area contributed by atoms with Crippen LogP contribution in [-0.4, -0.2) is 25.7 Å². The molecule has 3 aromatic rings. The standard InChI is InChI=1S/C17H20N4O2/c1-4-23-12(2)16-18-9-10-21(16)11-15-19-14-8-6-5-7-13(14)17(22)20(15)3/h5-10,12H,4,11H2,1-3H3/t12-/m0/s1. The van der Waals surface area contributed by atoms with Crippen molar-refractivity contribution in [1.29, 1.82) is 0 Å². The molecule has 1 aromatic carbocycles. The third-order valence-corrected chi connectivity index (χ3v) is 3.92. The molecule has 0 radical (unpaired) electrons. The Bertz CT molecular complexity index is 882. The second kappa shape index (κ2) is 6.34. The number of rotatable bonds is 5. The van der Waals surface area contributed by atoms with Crippen molar-refractivity contribution in [2.24, 2.45) is 7.05 Å². The van der Waals surface area contributed by atoms with Crippen LogP contribution in [0.2, 0.25) is 0 Å². The lowest BCUT2D eigenvalue weighted by atomic mass is 10.2. The van der Waals surface area contributed by atoms with Crippen LogP contribution >= 0.6 is 0 Å². The van der Waals surface area contributed by atoms with Crippen molar-refractivity contribution < 1.29 is 4.74 Å². The molecule has 2 aromatic heterocycles. The van der Waals surface area contributed by atoms with Gasteiger partial charge in [0.2, 0.25) is 0 Å². The van der Waals surface area contributed by atoms with Crippen molar-refractivity contribution in [2.75, 3.05) is 6.61 Å². The number of ether oxygens (including phenoxy) is 1. The molecule has 0 aliphatic heterocycles. The number of hydrogen-bond donors (Lipinski definition) is 0. The number of para-hydroxylation sites is 1. The first-order chi connectivity index (χ1) is 11.1. The van der Waals surface area contributed by atoms with Gasteiger partial charge in [-0.05, 0) is 26.0 Å². The summed E-state index contributed by atoms with van der Waals surface area (Å²) >= 11 is 0. The summed E-state index contributed by atoms with van der Waals surface area (Å²) in [6.45, 7) is 5.03. The summed E-state index contributed by atoms with van der Waals surface area (Å²) in [6.07, 6.45) is 3.52. The molecular weight excluding hydrogens is 292 g/mol. The lowest BCUT2D eigenvalue weighted by Crippen LogP contribution is -2.24. The molecule has 0 N–H and O–H groups in total. The van der Waals surface area contributed by atoms with Crippen molar-refractivity contribution in [1.82, 2.24) is 19.1 Å². The maximum Gasteiger partial charge on any atom is 0.261 e. The summed E-state index contributed by atoms with van der Waals surface area (Å²) in [5.41, 5.74) is 0.676. The minimum absolute atomic E-state index is 0.0369. The van der Waals surface area contributed by atoms with Crippen LogP contribution < -0.4 is 5.56 Å². The Hall–Kier alpha value is -2.47. The molecule has 0 unspecified atom stereocenters. The fourth-order valence-corrected chi connectivity index (χ4v) is 2.70. The van der Waals surface area contributed by atoms with Gasteiger partial charge < -0.3 is 9.30 Å². The SMILES string of the molecule is CCO[C@@H](C)c1nccn1Cc1nc2ccccc2c(=O)n1C. The van der Waals surface area contributed by atoms with E-state index in [0.717, 1.165) is 5.82 Å². The van der Waals surface area contributed by atoms with E-state index in [0.29, 0.717) is 29.9 Å². The Balaban J connectivity index is 2.01. The fraction of sp³-hybridized carbons (Fsp3) is 0.353. The molecule has 0 amide bonds.